The lowest BCUT2D eigenvalue weighted by Crippen LogP contribution is -2.65. The molecule has 0 aliphatic carbocycles. The molecule has 2 bridgehead atoms. The predicted molar refractivity (Wildman–Crippen MR) is 85.1 cm³/mol. The Balaban J connectivity index is 1.87. The van der Waals surface area contributed by atoms with Crippen molar-refractivity contribution in [2.75, 3.05) is 33.9 Å². The van der Waals surface area contributed by atoms with Gasteiger partial charge in [0, 0.05) is 25.0 Å². The molecule has 2 aliphatic rings. The summed E-state index contributed by atoms with van der Waals surface area (Å²) >= 11 is 0. The average Bonchev–Trinajstić information content (AvgIpc) is 2.52. The van der Waals surface area contributed by atoms with E-state index < -0.39 is 0 Å². The molecule has 122 valence electrons. The van der Waals surface area contributed by atoms with Gasteiger partial charge in [0.25, 0.3) is 0 Å². The largest absolute Gasteiger partial charge is 0.493 e. The fraction of sp³-hybridized carbons (Fsp3) is 0.647. The molecule has 1 aromatic carbocycles. The van der Waals surface area contributed by atoms with Crippen molar-refractivity contribution >= 4 is 0 Å². The van der Waals surface area contributed by atoms with E-state index in [4.69, 9.17) is 9.47 Å². The zero-order valence-corrected chi connectivity index (χ0v) is 13.8. The molecule has 5 heteroatoms. The molecule has 5 nitrogen and oxygen atoms in total. The highest BCUT2D eigenvalue weighted by Crippen LogP contribution is 2.41. The van der Waals surface area contributed by atoms with Crippen molar-refractivity contribution in [3.63, 3.8) is 0 Å². The van der Waals surface area contributed by atoms with Crippen molar-refractivity contribution in [1.29, 1.82) is 0 Å². The Labute approximate surface area is 132 Å². The highest BCUT2D eigenvalue weighted by molar-refractivity contribution is 5.43. The third kappa shape index (κ3) is 2.47. The number of hydrogen-bond acceptors (Lipinski definition) is 5. The summed E-state index contributed by atoms with van der Waals surface area (Å²) in [6.45, 7) is 6.91. The van der Waals surface area contributed by atoms with E-state index in [0.717, 1.165) is 31.1 Å². The third-order valence-electron chi connectivity index (χ3n) is 5.13. The maximum absolute atomic E-state index is 10.5. The molecule has 22 heavy (non-hydrogen) atoms. The van der Waals surface area contributed by atoms with Crippen LogP contribution in [0, 0.1) is 11.3 Å². The van der Waals surface area contributed by atoms with Crippen molar-refractivity contribution in [2.45, 2.75) is 26.1 Å². The lowest BCUT2D eigenvalue weighted by Gasteiger charge is -2.54. The second kappa shape index (κ2) is 5.72. The minimum absolute atomic E-state index is 0.0786. The molecule has 1 aromatic rings. The zero-order valence-electron chi connectivity index (χ0n) is 13.8. The molecule has 1 unspecified atom stereocenters. The summed E-state index contributed by atoms with van der Waals surface area (Å²) in [5.74, 6) is 1.78. The topological polar surface area (TPSA) is 54.0 Å². The Morgan fingerprint density at radius 1 is 1.27 bits per heavy atom. The smallest absolute Gasteiger partial charge is 0.161 e. The first kappa shape index (κ1) is 15.6. The van der Waals surface area contributed by atoms with E-state index >= 15 is 0 Å². The molecule has 3 rings (SSSR count). The van der Waals surface area contributed by atoms with Crippen LogP contribution < -0.4 is 14.8 Å². The standard InChI is InChI=1S/C17H26N2O3/c1-11-8-19-10-17(2,15(11)20)9-18-16(19)12-5-6-13(21-3)14(7-12)22-4/h5-7,11,15-16,18,20H,8-10H2,1-4H3/t11-,15-,16+,17+/m1/s1. The first-order chi connectivity index (χ1) is 10.5. The van der Waals surface area contributed by atoms with Gasteiger partial charge in [-0.05, 0) is 23.6 Å². The van der Waals surface area contributed by atoms with Crippen LogP contribution in [0.25, 0.3) is 0 Å². The summed E-state index contributed by atoms with van der Waals surface area (Å²) in [5.41, 5.74) is 1.09. The summed E-state index contributed by atoms with van der Waals surface area (Å²) in [6.07, 6.45) is -0.0922. The van der Waals surface area contributed by atoms with E-state index in [2.05, 4.69) is 30.1 Å². The van der Waals surface area contributed by atoms with Gasteiger partial charge < -0.3 is 14.6 Å². The van der Waals surface area contributed by atoms with Gasteiger partial charge in [-0.3, -0.25) is 10.2 Å². The normalized spacial score (nSPS) is 37.7. The van der Waals surface area contributed by atoms with Crippen LogP contribution in [0.2, 0.25) is 0 Å². The zero-order chi connectivity index (χ0) is 15.9. The number of piperidine rings is 1. The first-order valence-electron chi connectivity index (χ1n) is 7.86. The molecule has 0 amide bonds. The summed E-state index contributed by atoms with van der Waals surface area (Å²) < 4.78 is 10.7. The van der Waals surface area contributed by atoms with Gasteiger partial charge in [0.2, 0.25) is 0 Å². The van der Waals surface area contributed by atoms with Crippen molar-refractivity contribution in [3.8, 4) is 11.5 Å². The number of methoxy groups -OCH3 is 2. The van der Waals surface area contributed by atoms with Crippen molar-refractivity contribution in [2.24, 2.45) is 11.3 Å². The van der Waals surface area contributed by atoms with Gasteiger partial charge in [0.05, 0.1) is 26.5 Å². The number of hydrogen-bond donors (Lipinski definition) is 2. The summed E-state index contributed by atoms with van der Waals surface area (Å²) in [5, 5.41) is 14.0. The van der Waals surface area contributed by atoms with Gasteiger partial charge >= 0.3 is 0 Å². The summed E-state index contributed by atoms with van der Waals surface area (Å²) in [4.78, 5) is 2.42. The fourth-order valence-electron chi connectivity index (χ4n) is 3.95. The van der Waals surface area contributed by atoms with E-state index in [1.807, 2.05) is 12.1 Å². The van der Waals surface area contributed by atoms with Crippen LogP contribution >= 0.6 is 0 Å². The molecule has 2 saturated heterocycles. The highest BCUT2D eigenvalue weighted by atomic mass is 16.5. The Morgan fingerprint density at radius 3 is 2.68 bits per heavy atom. The predicted octanol–water partition coefficient (Wildman–Crippen LogP) is 1.62. The van der Waals surface area contributed by atoms with E-state index in [1.54, 1.807) is 14.2 Å². The molecule has 0 spiro atoms. The molecule has 0 radical (unpaired) electrons. The number of rotatable bonds is 3. The number of aliphatic hydroxyl groups excluding tert-OH is 1. The fourth-order valence-corrected chi connectivity index (χ4v) is 3.95. The quantitative estimate of drug-likeness (QED) is 0.889. The second-order valence-corrected chi connectivity index (χ2v) is 6.90. The third-order valence-corrected chi connectivity index (χ3v) is 5.13. The molecule has 0 aromatic heterocycles. The molecule has 0 saturated carbocycles. The molecule has 2 N–H and O–H groups in total. The molecule has 2 fully saturated rings. The highest BCUT2D eigenvalue weighted by Gasteiger charge is 2.47. The Morgan fingerprint density at radius 2 is 2.00 bits per heavy atom. The van der Waals surface area contributed by atoms with E-state index in [1.165, 1.54) is 5.56 Å². The number of nitrogens with one attached hydrogen (secondary N) is 1. The van der Waals surface area contributed by atoms with Crippen LogP contribution in [-0.4, -0.2) is 50.0 Å². The van der Waals surface area contributed by atoms with Crippen LogP contribution in [0.1, 0.15) is 25.6 Å². The summed E-state index contributed by atoms with van der Waals surface area (Å²) in [6, 6.07) is 6.07. The minimum Gasteiger partial charge on any atom is -0.493 e. The average molecular weight is 306 g/mol. The van der Waals surface area contributed by atoms with Gasteiger partial charge in [0.1, 0.15) is 0 Å². The molecule has 2 aliphatic heterocycles. The number of benzene rings is 1. The van der Waals surface area contributed by atoms with Crippen molar-refractivity contribution in [1.82, 2.24) is 10.2 Å². The summed E-state index contributed by atoms with van der Waals surface area (Å²) in [7, 11) is 3.31. The maximum atomic E-state index is 10.5. The van der Waals surface area contributed by atoms with Gasteiger partial charge in [-0.1, -0.05) is 19.9 Å². The van der Waals surface area contributed by atoms with Crippen LogP contribution in [0.5, 0.6) is 11.5 Å². The van der Waals surface area contributed by atoms with E-state index in [-0.39, 0.29) is 23.6 Å². The minimum atomic E-state index is -0.248. The SMILES string of the molecule is COc1ccc([C@H]2NC[C@@]3(C)CN2C[C@@H](C)[C@H]3O)cc1OC. The van der Waals surface area contributed by atoms with Gasteiger partial charge in [-0.2, -0.15) is 0 Å². The van der Waals surface area contributed by atoms with Gasteiger partial charge in [0.15, 0.2) is 11.5 Å². The number of ether oxygens (including phenoxy) is 2. The molecule has 2 heterocycles. The van der Waals surface area contributed by atoms with E-state index in [0.29, 0.717) is 0 Å². The first-order valence-corrected chi connectivity index (χ1v) is 7.86. The Bertz CT molecular complexity index is 551. The van der Waals surface area contributed by atoms with E-state index in [9.17, 15) is 5.11 Å². The number of fused-ring (bicyclic) bond motifs is 2. The van der Waals surface area contributed by atoms with Crippen molar-refractivity contribution in [3.05, 3.63) is 23.8 Å². The van der Waals surface area contributed by atoms with Crippen LogP contribution in [0.4, 0.5) is 0 Å². The lowest BCUT2D eigenvalue weighted by molar-refractivity contribution is -0.114. The number of aliphatic hydroxyl groups is 1. The van der Waals surface area contributed by atoms with Gasteiger partial charge in [-0.25, -0.2) is 0 Å². The number of nitrogens with zero attached hydrogens (tertiary/aromatic N) is 1. The molecule has 5 atom stereocenters. The molecular weight excluding hydrogens is 280 g/mol. The van der Waals surface area contributed by atoms with Crippen LogP contribution in [-0.2, 0) is 0 Å². The van der Waals surface area contributed by atoms with Crippen LogP contribution in [0.3, 0.4) is 0 Å². The second-order valence-electron chi connectivity index (χ2n) is 6.90. The monoisotopic (exact) mass is 306 g/mol. The van der Waals surface area contributed by atoms with Crippen molar-refractivity contribution < 1.29 is 14.6 Å². The Hall–Kier alpha value is -1.30. The van der Waals surface area contributed by atoms with Crippen LogP contribution in [0.15, 0.2) is 18.2 Å². The van der Waals surface area contributed by atoms with Gasteiger partial charge in [-0.15, -0.1) is 0 Å². The Kier molecular flexibility index (Phi) is 4.05. The maximum Gasteiger partial charge on any atom is 0.161 e. The molecular formula is C17H26N2O3. The lowest BCUT2D eigenvalue weighted by atomic mass is 9.72.